The van der Waals surface area contributed by atoms with Crippen LogP contribution in [-0.2, 0) is 7.05 Å². The van der Waals surface area contributed by atoms with Crippen molar-refractivity contribution in [1.29, 1.82) is 0 Å². The summed E-state index contributed by atoms with van der Waals surface area (Å²) in [6.45, 7) is 8.24. The molecule has 182 valence electrons. The largest absolute Gasteiger partial charge is 0.366 e. The van der Waals surface area contributed by atoms with E-state index in [2.05, 4.69) is 69.6 Å². The van der Waals surface area contributed by atoms with Gasteiger partial charge in [0.05, 0.1) is 11.7 Å². The molecule has 1 aliphatic heterocycles. The normalized spacial score (nSPS) is 18.1. The number of aromatic nitrogens is 5. The first-order valence-electron chi connectivity index (χ1n) is 12.1. The number of halogens is 1. The monoisotopic (exact) mass is 490 g/mol. The predicted molar refractivity (Wildman–Crippen MR) is 143 cm³/mol. The van der Waals surface area contributed by atoms with Gasteiger partial charge in [-0.1, -0.05) is 24.6 Å². The second-order valence-electron chi connectivity index (χ2n) is 9.30. The summed E-state index contributed by atoms with van der Waals surface area (Å²) in [6.07, 6.45) is 5.61. The molecule has 2 atom stereocenters. The highest BCUT2D eigenvalue weighted by molar-refractivity contribution is 6.32. The lowest BCUT2D eigenvalue weighted by atomic mass is 9.90. The van der Waals surface area contributed by atoms with E-state index in [9.17, 15) is 0 Å². The van der Waals surface area contributed by atoms with Gasteiger partial charge < -0.3 is 15.5 Å². The number of rotatable bonds is 6. The number of hydrogen-bond donors (Lipinski definition) is 2. The Kier molecular flexibility index (Phi) is 6.47. The second kappa shape index (κ2) is 9.70. The van der Waals surface area contributed by atoms with Crippen molar-refractivity contribution in [2.75, 3.05) is 28.6 Å². The number of benzene rings is 1. The van der Waals surface area contributed by atoms with Crippen LogP contribution in [0, 0.1) is 19.8 Å². The molecular weight excluding hydrogens is 460 g/mol. The van der Waals surface area contributed by atoms with Crippen LogP contribution >= 0.6 is 11.6 Å². The van der Waals surface area contributed by atoms with Crippen LogP contribution in [0.3, 0.4) is 0 Å². The molecular formula is C26H31ClN8. The lowest BCUT2D eigenvalue weighted by Crippen LogP contribution is -2.46. The summed E-state index contributed by atoms with van der Waals surface area (Å²) in [5.41, 5.74) is 4.13. The summed E-state index contributed by atoms with van der Waals surface area (Å²) in [5, 5.41) is 13.1. The Morgan fingerprint density at radius 2 is 1.97 bits per heavy atom. The van der Waals surface area contributed by atoms with Crippen LogP contribution in [0.15, 0.2) is 42.7 Å². The van der Waals surface area contributed by atoms with Crippen molar-refractivity contribution in [3.05, 3.63) is 59.0 Å². The van der Waals surface area contributed by atoms with Crippen molar-refractivity contribution in [2.45, 2.75) is 39.7 Å². The molecule has 0 amide bonds. The molecule has 35 heavy (non-hydrogen) atoms. The van der Waals surface area contributed by atoms with E-state index in [4.69, 9.17) is 16.6 Å². The number of fused-ring (bicyclic) bond motifs is 1. The van der Waals surface area contributed by atoms with Crippen LogP contribution in [-0.4, -0.2) is 43.9 Å². The third-order valence-corrected chi connectivity index (χ3v) is 7.21. The van der Waals surface area contributed by atoms with Gasteiger partial charge in [-0.3, -0.25) is 4.68 Å². The molecule has 1 fully saturated rings. The molecule has 5 rings (SSSR count). The number of nitrogens with zero attached hydrogens (tertiary/aromatic N) is 6. The molecule has 9 heteroatoms. The summed E-state index contributed by atoms with van der Waals surface area (Å²) < 4.78 is 1.89. The van der Waals surface area contributed by atoms with Gasteiger partial charge in [-0.25, -0.2) is 9.97 Å². The average Bonchev–Trinajstić information content (AvgIpc) is 3.14. The van der Waals surface area contributed by atoms with Crippen LogP contribution in [0.1, 0.15) is 31.0 Å². The molecule has 0 aliphatic carbocycles. The lowest BCUT2D eigenvalue weighted by Gasteiger charge is -2.39. The van der Waals surface area contributed by atoms with E-state index in [-0.39, 0.29) is 6.04 Å². The molecule has 1 aliphatic rings. The summed E-state index contributed by atoms with van der Waals surface area (Å²) in [6, 6.07) is 10.6. The van der Waals surface area contributed by atoms with Gasteiger partial charge in [0.25, 0.3) is 0 Å². The molecule has 4 heterocycles. The standard InChI is InChI=1S/C26H31ClN8/c1-5-18-15-35(24-9-6-16(2)13-28-24)11-10-22(18)31-25-21(27)14-29-26(32-25)30-19-7-8-20-17(3)34(4)33-23(20)12-19/h6-9,12-14,18,22H,5,10-11,15H2,1-4H3,(H2,29,30,31,32). The Bertz CT molecular complexity index is 1330. The van der Waals surface area contributed by atoms with E-state index in [1.54, 1.807) is 6.20 Å². The summed E-state index contributed by atoms with van der Waals surface area (Å²) in [7, 11) is 1.95. The fourth-order valence-corrected chi connectivity index (χ4v) is 4.88. The number of nitrogens with one attached hydrogen (secondary N) is 2. The molecule has 4 aromatic rings. The number of aryl methyl sites for hydroxylation is 3. The fraction of sp³-hybridized carbons (Fsp3) is 0.385. The molecule has 8 nitrogen and oxygen atoms in total. The fourth-order valence-electron chi connectivity index (χ4n) is 4.73. The van der Waals surface area contributed by atoms with Crippen LogP contribution in [0.5, 0.6) is 0 Å². The van der Waals surface area contributed by atoms with Gasteiger partial charge in [0.15, 0.2) is 5.82 Å². The third-order valence-electron chi connectivity index (χ3n) is 6.93. The van der Waals surface area contributed by atoms with E-state index in [1.807, 2.05) is 30.1 Å². The summed E-state index contributed by atoms with van der Waals surface area (Å²) in [5.74, 6) is 2.64. The van der Waals surface area contributed by atoms with E-state index >= 15 is 0 Å². The number of anilines is 4. The zero-order valence-corrected chi connectivity index (χ0v) is 21.3. The Morgan fingerprint density at radius 1 is 1.11 bits per heavy atom. The summed E-state index contributed by atoms with van der Waals surface area (Å²) in [4.78, 5) is 16.1. The van der Waals surface area contributed by atoms with E-state index in [1.165, 1.54) is 5.56 Å². The highest BCUT2D eigenvalue weighted by Gasteiger charge is 2.29. The maximum absolute atomic E-state index is 6.50. The van der Waals surface area contributed by atoms with Crippen molar-refractivity contribution in [2.24, 2.45) is 13.0 Å². The minimum Gasteiger partial charge on any atom is -0.366 e. The zero-order valence-electron chi connectivity index (χ0n) is 20.6. The first kappa shape index (κ1) is 23.4. The van der Waals surface area contributed by atoms with Crippen LogP contribution in [0.25, 0.3) is 10.9 Å². The number of piperidine rings is 1. The van der Waals surface area contributed by atoms with Crippen molar-refractivity contribution in [3.63, 3.8) is 0 Å². The van der Waals surface area contributed by atoms with Crippen LogP contribution in [0.2, 0.25) is 5.02 Å². The molecule has 2 unspecified atom stereocenters. The smallest absolute Gasteiger partial charge is 0.229 e. The van der Waals surface area contributed by atoms with Crippen molar-refractivity contribution in [1.82, 2.24) is 24.7 Å². The number of hydrogen-bond acceptors (Lipinski definition) is 7. The van der Waals surface area contributed by atoms with Gasteiger partial charge in [0.2, 0.25) is 5.95 Å². The zero-order chi connectivity index (χ0) is 24.5. The van der Waals surface area contributed by atoms with Crippen LogP contribution < -0.4 is 15.5 Å². The van der Waals surface area contributed by atoms with E-state index < -0.39 is 0 Å². The summed E-state index contributed by atoms with van der Waals surface area (Å²) >= 11 is 6.50. The van der Waals surface area contributed by atoms with Crippen molar-refractivity contribution >= 4 is 45.8 Å². The third kappa shape index (κ3) is 4.89. The molecule has 0 saturated carbocycles. The first-order chi connectivity index (χ1) is 16.9. The van der Waals surface area contributed by atoms with E-state index in [0.29, 0.717) is 22.7 Å². The minimum absolute atomic E-state index is 0.273. The molecule has 0 bridgehead atoms. The van der Waals surface area contributed by atoms with Gasteiger partial charge in [-0.2, -0.15) is 10.1 Å². The van der Waals surface area contributed by atoms with Gasteiger partial charge in [0, 0.05) is 49.1 Å². The SMILES string of the molecule is CCC1CN(c2ccc(C)cn2)CCC1Nc1nc(Nc2ccc3c(C)n(C)nc3c2)ncc1Cl. The predicted octanol–water partition coefficient (Wildman–Crippen LogP) is 5.49. The highest BCUT2D eigenvalue weighted by atomic mass is 35.5. The quantitative estimate of drug-likeness (QED) is 0.369. The maximum atomic E-state index is 6.50. The maximum Gasteiger partial charge on any atom is 0.229 e. The first-order valence-corrected chi connectivity index (χ1v) is 12.5. The molecule has 3 aromatic heterocycles. The molecule has 1 aromatic carbocycles. The van der Waals surface area contributed by atoms with Crippen molar-refractivity contribution in [3.8, 4) is 0 Å². The van der Waals surface area contributed by atoms with Gasteiger partial charge in [0.1, 0.15) is 10.8 Å². The van der Waals surface area contributed by atoms with E-state index in [0.717, 1.165) is 54.0 Å². The highest BCUT2D eigenvalue weighted by Crippen LogP contribution is 2.30. The lowest BCUT2D eigenvalue weighted by molar-refractivity contribution is 0.365. The van der Waals surface area contributed by atoms with Gasteiger partial charge in [-0.05, 0) is 62.4 Å². The molecule has 1 saturated heterocycles. The van der Waals surface area contributed by atoms with Gasteiger partial charge >= 0.3 is 0 Å². The Balaban J connectivity index is 1.30. The molecule has 2 N–H and O–H groups in total. The minimum atomic E-state index is 0.273. The van der Waals surface area contributed by atoms with Crippen LogP contribution in [0.4, 0.5) is 23.3 Å². The van der Waals surface area contributed by atoms with Crippen molar-refractivity contribution < 1.29 is 0 Å². The Hall–Kier alpha value is -3.39. The molecule has 0 radical (unpaired) electrons. The second-order valence-corrected chi connectivity index (χ2v) is 9.71. The Labute approximate surface area is 210 Å². The topological polar surface area (TPSA) is 83.8 Å². The number of pyridine rings is 1. The molecule has 0 spiro atoms. The Morgan fingerprint density at radius 3 is 2.74 bits per heavy atom. The average molecular weight is 491 g/mol. The van der Waals surface area contributed by atoms with Gasteiger partial charge in [-0.15, -0.1) is 0 Å².